The van der Waals surface area contributed by atoms with Gasteiger partial charge in [0.25, 0.3) is 0 Å². The highest BCUT2D eigenvalue weighted by molar-refractivity contribution is 5.95. The number of hydrogen-bond acceptors (Lipinski definition) is 4. The van der Waals surface area contributed by atoms with Gasteiger partial charge in [0.1, 0.15) is 29.7 Å². The fourth-order valence-electron chi connectivity index (χ4n) is 4.41. The number of aromatic nitrogens is 2. The summed E-state index contributed by atoms with van der Waals surface area (Å²) < 4.78 is 26.7. The van der Waals surface area contributed by atoms with E-state index in [0.29, 0.717) is 11.6 Å². The average molecular weight is 458 g/mol. The summed E-state index contributed by atoms with van der Waals surface area (Å²) in [5.41, 5.74) is 4.24. The number of carbonyl (C=O) groups is 1. The van der Waals surface area contributed by atoms with E-state index in [-0.39, 0.29) is 30.7 Å². The molecule has 34 heavy (non-hydrogen) atoms. The predicted molar refractivity (Wildman–Crippen MR) is 127 cm³/mol. The molecule has 6 nitrogen and oxygen atoms in total. The minimum atomic E-state index is -0.301. The van der Waals surface area contributed by atoms with E-state index in [4.69, 9.17) is 14.6 Å². The molecule has 0 aliphatic carbocycles. The number of methoxy groups -OCH3 is 1. The van der Waals surface area contributed by atoms with E-state index in [1.54, 1.807) is 17.9 Å². The molecule has 1 aliphatic heterocycles. The van der Waals surface area contributed by atoms with E-state index >= 15 is 0 Å². The van der Waals surface area contributed by atoms with Crippen LogP contribution in [-0.4, -0.2) is 22.8 Å². The standard InChI is InChI=1S/C27H24FN3O3/c1-17-26-23(22-8-3-4-9-24(22)34-16-18-6-5-7-19(28)14-18)15-25(32)29-27(26)31(30-17)20-10-12-21(33-2)13-11-20/h3-14,23H,15-16H2,1-2H3,(H,29,32)/t23-/m0/s1. The highest BCUT2D eigenvalue weighted by atomic mass is 19.1. The topological polar surface area (TPSA) is 65.4 Å². The summed E-state index contributed by atoms with van der Waals surface area (Å²) >= 11 is 0. The fourth-order valence-corrected chi connectivity index (χ4v) is 4.41. The van der Waals surface area contributed by atoms with Gasteiger partial charge in [0, 0.05) is 23.5 Å². The van der Waals surface area contributed by atoms with Crippen LogP contribution in [0.3, 0.4) is 0 Å². The molecular weight excluding hydrogens is 433 g/mol. The first-order valence-corrected chi connectivity index (χ1v) is 11.0. The Morgan fingerprint density at radius 3 is 2.65 bits per heavy atom. The molecule has 0 saturated carbocycles. The highest BCUT2D eigenvalue weighted by Gasteiger charge is 2.34. The number of benzene rings is 3. The maximum atomic E-state index is 13.6. The van der Waals surface area contributed by atoms with Crippen LogP contribution in [0.15, 0.2) is 72.8 Å². The first kappa shape index (κ1) is 21.7. The summed E-state index contributed by atoms with van der Waals surface area (Å²) in [7, 11) is 1.62. The average Bonchev–Trinajstić information content (AvgIpc) is 3.18. The Hall–Kier alpha value is -4.13. The number of carbonyl (C=O) groups excluding carboxylic acids is 1. The number of fused-ring (bicyclic) bond motifs is 1. The minimum absolute atomic E-state index is 0.0907. The molecular formula is C27H24FN3O3. The molecule has 172 valence electrons. The smallest absolute Gasteiger partial charge is 0.226 e. The van der Waals surface area contributed by atoms with E-state index in [1.165, 1.54) is 12.1 Å². The molecule has 0 bridgehead atoms. The number of rotatable bonds is 6. The van der Waals surface area contributed by atoms with E-state index in [0.717, 1.165) is 33.8 Å². The van der Waals surface area contributed by atoms with Crippen molar-refractivity contribution in [1.82, 2.24) is 9.78 Å². The van der Waals surface area contributed by atoms with Gasteiger partial charge in [0.05, 0.1) is 18.5 Å². The zero-order valence-electron chi connectivity index (χ0n) is 18.9. The summed E-state index contributed by atoms with van der Waals surface area (Å²) in [4.78, 5) is 12.8. The number of nitrogens with one attached hydrogen (secondary N) is 1. The number of amides is 1. The molecule has 3 aromatic carbocycles. The maximum absolute atomic E-state index is 13.6. The molecule has 4 aromatic rings. The van der Waals surface area contributed by atoms with Gasteiger partial charge in [-0.3, -0.25) is 4.79 Å². The molecule has 5 rings (SSSR count). The number of hydrogen-bond donors (Lipinski definition) is 1. The molecule has 1 aliphatic rings. The van der Waals surface area contributed by atoms with E-state index < -0.39 is 0 Å². The first-order chi connectivity index (χ1) is 16.5. The lowest BCUT2D eigenvalue weighted by Crippen LogP contribution is -2.25. The van der Waals surface area contributed by atoms with Crippen molar-refractivity contribution in [2.45, 2.75) is 25.9 Å². The van der Waals surface area contributed by atoms with Gasteiger partial charge < -0.3 is 14.8 Å². The van der Waals surface area contributed by atoms with Gasteiger partial charge in [-0.25, -0.2) is 9.07 Å². The molecule has 0 unspecified atom stereocenters. The Morgan fingerprint density at radius 2 is 1.88 bits per heavy atom. The molecule has 0 fully saturated rings. The third kappa shape index (κ3) is 4.12. The fraction of sp³-hybridized carbons (Fsp3) is 0.185. The zero-order valence-corrected chi connectivity index (χ0v) is 18.9. The monoisotopic (exact) mass is 457 g/mol. The number of halogens is 1. The third-order valence-electron chi connectivity index (χ3n) is 6.00. The van der Waals surface area contributed by atoms with E-state index in [1.807, 2.05) is 61.5 Å². The van der Waals surface area contributed by atoms with Gasteiger partial charge in [-0.15, -0.1) is 0 Å². The van der Waals surface area contributed by atoms with Crippen LogP contribution in [0.25, 0.3) is 5.69 Å². The van der Waals surface area contributed by atoms with Gasteiger partial charge >= 0.3 is 0 Å². The van der Waals surface area contributed by atoms with Crippen LogP contribution >= 0.6 is 0 Å². The third-order valence-corrected chi connectivity index (χ3v) is 6.00. The van der Waals surface area contributed by atoms with Crippen LogP contribution in [0.2, 0.25) is 0 Å². The molecule has 1 amide bonds. The van der Waals surface area contributed by atoms with Gasteiger partial charge in [-0.1, -0.05) is 30.3 Å². The molecule has 1 aromatic heterocycles. The molecule has 0 spiro atoms. The van der Waals surface area contributed by atoms with Gasteiger partial charge in [0.15, 0.2) is 0 Å². The van der Waals surface area contributed by atoms with Crippen molar-refractivity contribution in [2.75, 3.05) is 12.4 Å². The van der Waals surface area contributed by atoms with Crippen molar-refractivity contribution in [2.24, 2.45) is 0 Å². The van der Waals surface area contributed by atoms with Crippen LogP contribution in [-0.2, 0) is 11.4 Å². The van der Waals surface area contributed by atoms with Crippen molar-refractivity contribution in [3.05, 3.63) is 101 Å². The molecule has 2 heterocycles. The number of nitrogens with zero attached hydrogens (tertiary/aromatic N) is 2. The summed E-state index contributed by atoms with van der Waals surface area (Å²) in [6.45, 7) is 2.17. The zero-order chi connectivity index (χ0) is 23.7. The Labute approximate surface area is 196 Å². The Kier molecular flexibility index (Phi) is 5.76. The summed E-state index contributed by atoms with van der Waals surface area (Å²) in [6, 6.07) is 21.5. The lowest BCUT2D eigenvalue weighted by molar-refractivity contribution is -0.116. The van der Waals surface area contributed by atoms with Crippen LogP contribution in [0.1, 0.15) is 34.7 Å². The second-order valence-electron chi connectivity index (χ2n) is 8.22. The predicted octanol–water partition coefficient (Wildman–Crippen LogP) is 5.38. The van der Waals surface area contributed by atoms with Crippen LogP contribution in [0, 0.1) is 12.7 Å². The van der Waals surface area contributed by atoms with Crippen LogP contribution < -0.4 is 14.8 Å². The van der Waals surface area contributed by atoms with Crippen LogP contribution in [0.5, 0.6) is 11.5 Å². The number of ether oxygens (including phenoxy) is 2. The Bertz CT molecular complexity index is 1350. The first-order valence-electron chi connectivity index (χ1n) is 11.0. The lowest BCUT2D eigenvalue weighted by Gasteiger charge is -2.26. The summed E-state index contributed by atoms with van der Waals surface area (Å²) in [6.07, 6.45) is 0.280. The van der Waals surface area contributed by atoms with Crippen molar-refractivity contribution in [3.8, 4) is 17.2 Å². The Balaban J connectivity index is 1.52. The highest BCUT2D eigenvalue weighted by Crippen LogP contribution is 2.43. The van der Waals surface area contributed by atoms with Crippen molar-refractivity contribution < 1.29 is 18.7 Å². The maximum Gasteiger partial charge on any atom is 0.226 e. The van der Waals surface area contributed by atoms with Crippen molar-refractivity contribution >= 4 is 11.7 Å². The largest absolute Gasteiger partial charge is 0.497 e. The van der Waals surface area contributed by atoms with Gasteiger partial charge in [0.2, 0.25) is 5.91 Å². The lowest BCUT2D eigenvalue weighted by atomic mass is 9.85. The summed E-state index contributed by atoms with van der Waals surface area (Å²) in [5.74, 6) is 1.45. The Morgan fingerprint density at radius 1 is 1.09 bits per heavy atom. The van der Waals surface area contributed by atoms with Crippen LogP contribution in [0.4, 0.5) is 10.2 Å². The normalized spacial score (nSPS) is 14.9. The molecule has 1 N–H and O–H groups in total. The van der Waals surface area contributed by atoms with E-state index in [2.05, 4.69) is 5.32 Å². The number of para-hydroxylation sites is 1. The van der Waals surface area contributed by atoms with Crippen molar-refractivity contribution in [1.29, 1.82) is 0 Å². The molecule has 7 heteroatoms. The van der Waals surface area contributed by atoms with Gasteiger partial charge in [-0.05, 0) is 55.0 Å². The second kappa shape index (κ2) is 9.02. The molecule has 1 atom stereocenters. The number of anilines is 1. The van der Waals surface area contributed by atoms with Crippen molar-refractivity contribution in [3.63, 3.8) is 0 Å². The SMILES string of the molecule is COc1ccc(-n2nc(C)c3c2NC(=O)C[C@H]3c2ccccc2OCc2cccc(F)c2)cc1. The number of aryl methyl sites for hydroxylation is 1. The molecule has 0 saturated heterocycles. The van der Waals surface area contributed by atoms with Gasteiger partial charge in [-0.2, -0.15) is 5.10 Å². The minimum Gasteiger partial charge on any atom is -0.497 e. The second-order valence-corrected chi connectivity index (χ2v) is 8.22. The molecule has 0 radical (unpaired) electrons. The summed E-state index contributed by atoms with van der Waals surface area (Å²) in [5, 5.41) is 7.75. The van der Waals surface area contributed by atoms with E-state index in [9.17, 15) is 9.18 Å². The quantitative estimate of drug-likeness (QED) is 0.422.